The summed E-state index contributed by atoms with van der Waals surface area (Å²) in [5.41, 5.74) is 0. The highest BCUT2D eigenvalue weighted by atomic mass is 16.8. The van der Waals surface area contributed by atoms with Gasteiger partial charge in [-0.1, -0.05) is 48.5 Å². The van der Waals surface area contributed by atoms with Crippen molar-refractivity contribution in [2.24, 2.45) is 29.6 Å². The van der Waals surface area contributed by atoms with Crippen LogP contribution in [0.25, 0.3) is 0 Å². The average molecular weight is 327 g/mol. The van der Waals surface area contributed by atoms with Crippen LogP contribution < -0.4 is 0 Å². The quantitative estimate of drug-likeness (QED) is 0.707. The first kappa shape index (κ1) is 19.2. The first-order valence-corrected chi connectivity index (χ1v) is 9.73. The Morgan fingerprint density at radius 1 is 0.870 bits per heavy atom. The first-order chi connectivity index (χ1) is 10.7. The van der Waals surface area contributed by atoms with Crippen molar-refractivity contribution in [2.75, 3.05) is 0 Å². The molecule has 9 unspecified atom stereocenters. The maximum Gasteiger partial charge on any atom is 0.169 e. The molecule has 0 amide bonds. The second-order valence-corrected chi connectivity index (χ2v) is 8.39. The monoisotopic (exact) mass is 326 g/mol. The van der Waals surface area contributed by atoms with E-state index in [1.54, 1.807) is 0 Å². The maximum atomic E-state index is 6.49. The first-order valence-electron chi connectivity index (χ1n) is 9.73. The zero-order valence-electron chi connectivity index (χ0n) is 16.5. The fourth-order valence-electron chi connectivity index (χ4n) is 4.48. The van der Waals surface area contributed by atoms with Crippen LogP contribution in [0.1, 0.15) is 74.7 Å². The Balaban J connectivity index is 2.10. The molecule has 0 aliphatic carbocycles. The predicted octanol–water partition coefficient (Wildman–Crippen LogP) is 5.23. The lowest BCUT2D eigenvalue weighted by Crippen LogP contribution is -2.53. The normalized spacial score (nSPS) is 51.7. The highest BCUT2D eigenvalue weighted by molar-refractivity contribution is 4.87. The third kappa shape index (κ3) is 3.93. The highest BCUT2D eigenvalue weighted by Crippen LogP contribution is 2.43. The fourth-order valence-corrected chi connectivity index (χ4v) is 4.48. The Morgan fingerprint density at radius 2 is 1.48 bits per heavy atom. The molecule has 2 rings (SSSR count). The summed E-state index contributed by atoms with van der Waals surface area (Å²) in [5, 5.41) is 0. The summed E-state index contributed by atoms with van der Waals surface area (Å²) in [7, 11) is 0. The van der Waals surface area contributed by atoms with Gasteiger partial charge in [0.1, 0.15) is 0 Å². The van der Waals surface area contributed by atoms with Crippen LogP contribution in [0.15, 0.2) is 0 Å². The van der Waals surface area contributed by atoms with Gasteiger partial charge in [0.15, 0.2) is 12.1 Å². The van der Waals surface area contributed by atoms with Crippen molar-refractivity contribution < 1.29 is 14.2 Å². The average Bonchev–Trinajstić information content (AvgIpc) is 2.51. The van der Waals surface area contributed by atoms with Gasteiger partial charge < -0.3 is 14.2 Å². The summed E-state index contributed by atoms with van der Waals surface area (Å²) in [6.45, 7) is 18.0. The Bertz CT molecular complexity index is 383. The van der Waals surface area contributed by atoms with Crippen LogP contribution in [0.2, 0.25) is 0 Å². The Morgan fingerprint density at radius 3 is 2.04 bits per heavy atom. The molecule has 9 atom stereocenters. The van der Waals surface area contributed by atoms with E-state index in [1.807, 2.05) is 0 Å². The summed E-state index contributed by atoms with van der Waals surface area (Å²) >= 11 is 0. The minimum atomic E-state index is -0.524. The van der Waals surface area contributed by atoms with Crippen LogP contribution in [0.5, 0.6) is 0 Å². The van der Waals surface area contributed by atoms with Crippen molar-refractivity contribution in [3.8, 4) is 0 Å². The van der Waals surface area contributed by atoms with Gasteiger partial charge in [-0.05, 0) is 43.4 Å². The van der Waals surface area contributed by atoms with Crippen molar-refractivity contribution in [1.82, 2.24) is 0 Å². The zero-order chi connectivity index (χ0) is 17.4. The number of hydrogen-bond donors (Lipinski definition) is 0. The lowest BCUT2D eigenvalue weighted by molar-refractivity contribution is -0.371. The van der Waals surface area contributed by atoms with Crippen molar-refractivity contribution in [3.05, 3.63) is 0 Å². The molecular weight excluding hydrogens is 288 g/mol. The van der Waals surface area contributed by atoms with Crippen molar-refractivity contribution >= 4 is 0 Å². The molecule has 0 N–H and O–H groups in total. The van der Waals surface area contributed by atoms with Gasteiger partial charge in [-0.3, -0.25) is 0 Å². The lowest BCUT2D eigenvalue weighted by Gasteiger charge is -2.50. The Labute approximate surface area is 143 Å². The molecule has 0 radical (unpaired) electrons. The molecule has 2 heterocycles. The summed E-state index contributed by atoms with van der Waals surface area (Å²) in [5.74, 6) is 2.24. The van der Waals surface area contributed by atoms with Crippen LogP contribution in [0.4, 0.5) is 0 Å². The lowest BCUT2D eigenvalue weighted by atomic mass is 9.78. The van der Waals surface area contributed by atoms with E-state index in [4.69, 9.17) is 14.2 Å². The zero-order valence-corrected chi connectivity index (χ0v) is 16.5. The molecule has 136 valence electrons. The van der Waals surface area contributed by atoms with Gasteiger partial charge in [-0.25, -0.2) is 0 Å². The van der Waals surface area contributed by atoms with Crippen molar-refractivity contribution in [1.29, 1.82) is 0 Å². The third-order valence-electron chi connectivity index (χ3n) is 6.73. The van der Waals surface area contributed by atoms with E-state index in [0.29, 0.717) is 29.6 Å². The molecule has 2 aliphatic rings. The number of rotatable bonds is 4. The summed E-state index contributed by atoms with van der Waals surface area (Å²) in [4.78, 5) is 0. The third-order valence-corrected chi connectivity index (χ3v) is 6.73. The van der Waals surface area contributed by atoms with Gasteiger partial charge in [0.05, 0.1) is 12.2 Å². The maximum absolute atomic E-state index is 6.49. The standard InChI is InChI=1S/C20H38O3/c1-9-17-15(6)14(5)16(7)19(21-17)23-20(8)11-12(3)13(4)18(10-2)22-20/h12-19H,9-11H2,1-8H3. The molecule has 0 aromatic heterocycles. The Hall–Kier alpha value is -0.120. The van der Waals surface area contributed by atoms with E-state index >= 15 is 0 Å². The molecule has 2 aliphatic heterocycles. The van der Waals surface area contributed by atoms with E-state index in [9.17, 15) is 0 Å². The van der Waals surface area contributed by atoms with Crippen molar-refractivity contribution in [2.45, 2.75) is 98.9 Å². The summed E-state index contributed by atoms with van der Waals surface area (Å²) < 4.78 is 19.2. The largest absolute Gasteiger partial charge is 0.349 e. The number of hydrogen-bond acceptors (Lipinski definition) is 3. The Kier molecular flexibility index (Phi) is 6.19. The van der Waals surface area contributed by atoms with Gasteiger partial charge in [0.25, 0.3) is 0 Å². The second kappa shape index (κ2) is 7.41. The van der Waals surface area contributed by atoms with Crippen LogP contribution in [-0.4, -0.2) is 24.3 Å². The van der Waals surface area contributed by atoms with Crippen LogP contribution in [-0.2, 0) is 14.2 Å². The van der Waals surface area contributed by atoms with Gasteiger partial charge in [0.2, 0.25) is 0 Å². The molecule has 0 aromatic rings. The molecular formula is C20H38O3. The van der Waals surface area contributed by atoms with E-state index in [-0.39, 0.29) is 18.5 Å². The van der Waals surface area contributed by atoms with Gasteiger partial charge in [0, 0.05) is 12.3 Å². The van der Waals surface area contributed by atoms with Gasteiger partial charge >= 0.3 is 0 Å². The fraction of sp³-hybridized carbons (Fsp3) is 1.00. The number of ether oxygens (including phenoxy) is 3. The minimum Gasteiger partial charge on any atom is -0.349 e. The topological polar surface area (TPSA) is 27.7 Å². The van der Waals surface area contributed by atoms with Crippen LogP contribution in [0.3, 0.4) is 0 Å². The molecule has 0 aromatic carbocycles. The van der Waals surface area contributed by atoms with E-state index < -0.39 is 5.79 Å². The molecule has 2 fully saturated rings. The smallest absolute Gasteiger partial charge is 0.169 e. The highest BCUT2D eigenvalue weighted by Gasteiger charge is 2.46. The SMILES string of the molecule is CCC1OC(C)(OC2OC(CC)C(C)C(C)C2C)CC(C)C1C. The molecule has 0 bridgehead atoms. The van der Waals surface area contributed by atoms with E-state index in [1.165, 1.54) is 0 Å². The predicted molar refractivity (Wildman–Crippen MR) is 94.0 cm³/mol. The second-order valence-electron chi connectivity index (χ2n) is 8.39. The van der Waals surface area contributed by atoms with Crippen molar-refractivity contribution in [3.63, 3.8) is 0 Å². The summed E-state index contributed by atoms with van der Waals surface area (Å²) in [6, 6.07) is 0. The molecule has 3 nitrogen and oxygen atoms in total. The molecule has 0 spiro atoms. The van der Waals surface area contributed by atoms with Crippen LogP contribution >= 0.6 is 0 Å². The molecule has 23 heavy (non-hydrogen) atoms. The van der Waals surface area contributed by atoms with Gasteiger partial charge in [-0.15, -0.1) is 0 Å². The van der Waals surface area contributed by atoms with Gasteiger partial charge in [-0.2, -0.15) is 0 Å². The minimum absolute atomic E-state index is 0.158. The summed E-state index contributed by atoms with van der Waals surface area (Å²) in [6.07, 6.45) is 3.43. The van der Waals surface area contributed by atoms with Crippen LogP contribution in [0, 0.1) is 29.6 Å². The molecule has 2 saturated heterocycles. The molecule has 3 heteroatoms. The van der Waals surface area contributed by atoms with E-state index in [2.05, 4.69) is 55.4 Å². The van der Waals surface area contributed by atoms with E-state index in [0.717, 1.165) is 19.3 Å². The molecule has 0 saturated carbocycles.